The lowest BCUT2D eigenvalue weighted by Gasteiger charge is -2.27. The van der Waals surface area contributed by atoms with Gasteiger partial charge in [0.15, 0.2) is 0 Å². The molecule has 0 N–H and O–H groups in total. The predicted octanol–water partition coefficient (Wildman–Crippen LogP) is 4.47. The number of hydrogen-bond donors (Lipinski definition) is 0. The molecule has 4 aromatic rings. The van der Waals surface area contributed by atoms with Gasteiger partial charge < -0.3 is 8.83 Å². The molecule has 1 saturated carbocycles. The molecular formula is C24H20N4O4S. The maximum atomic E-state index is 13.5. The Labute approximate surface area is 192 Å². The SMILES string of the molecule is O=C(Cn1cnc2sccc2c1=O)N1N=C2/C(=C/c3ccco3)CCCC2C1c1ccco1. The van der Waals surface area contributed by atoms with Crippen molar-refractivity contribution in [3.05, 3.63) is 82.0 Å². The summed E-state index contributed by atoms with van der Waals surface area (Å²) < 4.78 is 12.6. The maximum Gasteiger partial charge on any atom is 0.263 e. The highest BCUT2D eigenvalue weighted by atomic mass is 32.1. The van der Waals surface area contributed by atoms with Crippen LogP contribution in [0.4, 0.5) is 0 Å². The lowest BCUT2D eigenvalue weighted by atomic mass is 9.79. The van der Waals surface area contributed by atoms with Crippen LogP contribution in [0, 0.1) is 5.92 Å². The first-order valence-electron chi connectivity index (χ1n) is 10.8. The number of fused-ring (bicyclic) bond motifs is 2. The molecule has 4 aromatic heterocycles. The molecule has 5 heterocycles. The standard InChI is InChI=1S/C24H20N4O4S/c29-20(13-27-14-25-23-18(24(27)30)8-11-33-23)28-22(19-7-3-10-32-19)17-6-1-4-15(21(17)26-28)12-16-5-2-9-31-16/h2-3,5,7-12,14,17,22H,1,4,6,13H2/b15-12+. The number of carbonyl (C=O) groups is 1. The Bertz CT molecular complexity index is 1430. The number of amides is 1. The minimum atomic E-state index is -0.351. The summed E-state index contributed by atoms with van der Waals surface area (Å²) >= 11 is 1.40. The minimum absolute atomic E-state index is 0.0178. The van der Waals surface area contributed by atoms with Gasteiger partial charge in [0.1, 0.15) is 28.9 Å². The lowest BCUT2D eigenvalue weighted by molar-refractivity contribution is -0.134. The summed E-state index contributed by atoms with van der Waals surface area (Å²) in [5, 5.41) is 8.61. The van der Waals surface area contributed by atoms with Crippen LogP contribution in [0.2, 0.25) is 0 Å². The number of furan rings is 2. The van der Waals surface area contributed by atoms with E-state index >= 15 is 0 Å². The molecule has 0 aromatic carbocycles. The molecule has 2 unspecified atom stereocenters. The molecule has 1 fully saturated rings. The zero-order valence-corrected chi connectivity index (χ0v) is 18.4. The van der Waals surface area contributed by atoms with E-state index in [1.807, 2.05) is 35.7 Å². The van der Waals surface area contributed by atoms with Crippen LogP contribution in [0.3, 0.4) is 0 Å². The average molecular weight is 461 g/mol. The second-order valence-corrected chi connectivity index (χ2v) is 9.08. The van der Waals surface area contributed by atoms with E-state index in [4.69, 9.17) is 13.9 Å². The molecule has 166 valence electrons. The van der Waals surface area contributed by atoms with E-state index in [-0.39, 0.29) is 30.0 Å². The van der Waals surface area contributed by atoms with E-state index in [0.29, 0.717) is 16.0 Å². The van der Waals surface area contributed by atoms with Crippen LogP contribution in [0.5, 0.6) is 0 Å². The molecule has 0 saturated heterocycles. The molecule has 0 radical (unpaired) electrons. The number of nitrogens with zero attached hydrogens (tertiary/aromatic N) is 4. The van der Waals surface area contributed by atoms with Gasteiger partial charge in [-0.2, -0.15) is 5.10 Å². The maximum absolute atomic E-state index is 13.5. The van der Waals surface area contributed by atoms with Crippen LogP contribution in [-0.2, 0) is 11.3 Å². The van der Waals surface area contributed by atoms with E-state index in [1.165, 1.54) is 27.2 Å². The third-order valence-electron chi connectivity index (χ3n) is 6.21. The highest BCUT2D eigenvalue weighted by Crippen LogP contribution is 2.44. The Morgan fingerprint density at radius 1 is 1.21 bits per heavy atom. The summed E-state index contributed by atoms with van der Waals surface area (Å²) in [7, 11) is 0. The summed E-state index contributed by atoms with van der Waals surface area (Å²) in [6.45, 7) is -0.143. The van der Waals surface area contributed by atoms with Crippen LogP contribution in [0.25, 0.3) is 16.3 Å². The molecule has 9 heteroatoms. The van der Waals surface area contributed by atoms with Crippen LogP contribution in [0.1, 0.15) is 36.8 Å². The van der Waals surface area contributed by atoms with E-state index in [1.54, 1.807) is 18.6 Å². The number of aromatic nitrogens is 2. The molecule has 0 spiro atoms. The van der Waals surface area contributed by atoms with Gasteiger partial charge in [0, 0.05) is 5.92 Å². The van der Waals surface area contributed by atoms with Gasteiger partial charge in [0.25, 0.3) is 11.5 Å². The van der Waals surface area contributed by atoms with Gasteiger partial charge in [0.05, 0.1) is 30.0 Å². The number of carbonyl (C=O) groups excluding carboxylic acids is 1. The molecule has 0 bridgehead atoms. The van der Waals surface area contributed by atoms with Gasteiger partial charge in [-0.15, -0.1) is 11.3 Å². The Hall–Kier alpha value is -3.72. The minimum Gasteiger partial charge on any atom is -0.467 e. The highest BCUT2D eigenvalue weighted by molar-refractivity contribution is 7.16. The van der Waals surface area contributed by atoms with Crippen LogP contribution in [0.15, 0.2) is 78.9 Å². The van der Waals surface area contributed by atoms with Crippen molar-refractivity contribution in [3.8, 4) is 0 Å². The van der Waals surface area contributed by atoms with Crippen LogP contribution in [-0.4, -0.2) is 26.2 Å². The zero-order chi connectivity index (χ0) is 22.4. The average Bonchev–Trinajstić information content (AvgIpc) is 3.61. The fourth-order valence-electron chi connectivity index (χ4n) is 4.71. The summed E-state index contributed by atoms with van der Waals surface area (Å²) in [5.74, 6) is 1.18. The van der Waals surface area contributed by atoms with Crippen LogP contribution >= 0.6 is 11.3 Å². The molecule has 1 aliphatic carbocycles. The van der Waals surface area contributed by atoms with E-state index in [0.717, 1.165) is 36.3 Å². The smallest absolute Gasteiger partial charge is 0.263 e. The van der Waals surface area contributed by atoms with Crippen molar-refractivity contribution in [1.29, 1.82) is 0 Å². The molecule has 1 amide bonds. The third kappa shape index (κ3) is 3.45. The Morgan fingerprint density at radius 3 is 2.91 bits per heavy atom. The van der Waals surface area contributed by atoms with Gasteiger partial charge in [-0.3, -0.25) is 14.2 Å². The molecular weight excluding hydrogens is 440 g/mol. The number of hydrazone groups is 1. The third-order valence-corrected chi connectivity index (χ3v) is 7.03. The first-order chi connectivity index (χ1) is 16.2. The molecule has 33 heavy (non-hydrogen) atoms. The molecule has 2 atom stereocenters. The highest BCUT2D eigenvalue weighted by Gasteiger charge is 2.45. The fraction of sp³-hybridized carbons (Fsp3) is 0.250. The van der Waals surface area contributed by atoms with Crippen molar-refractivity contribution in [2.24, 2.45) is 11.0 Å². The van der Waals surface area contributed by atoms with Crippen molar-refractivity contribution >= 4 is 39.2 Å². The summed E-state index contributed by atoms with van der Waals surface area (Å²) in [4.78, 5) is 31.3. The van der Waals surface area contributed by atoms with Gasteiger partial charge in [-0.1, -0.05) is 0 Å². The summed E-state index contributed by atoms with van der Waals surface area (Å²) in [5.41, 5.74) is 1.71. The van der Waals surface area contributed by atoms with Crippen molar-refractivity contribution in [2.45, 2.75) is 31.8 Å². The van der Waals surface area contributed by atoms with Gasteiger partial charge >= 0.3 is 0 Å². The fourth-order valence-corrected chi connectivity index (χ4v) is 5.44. The first-order valence-corrected chi connectivity index (χ1v) is 11.7. The Kier molecular flexibility index (Phi) is 4.83. The molecule has 6 rings (SSSR count). The zero-order valence-electron chi connectivity index (χ0n) is 17.6. The van der Waals surface area contributed by atoms with Gasteiger partial charge in [-0.05, 0) is 66.6 Å². The Morgan fingerprint density at radius 2 is 2.09 bits per heavy atom. The van der Waals surface area contributed by atoms with Crippen molar-refractivity contribution in [3.63, 3.8) is 0 Å². The lowest BCUT2D eigenvalue weighted by Crippen LogP contribution is -2.36. The molecule has 1 aliphatic heterocycles. The quantitative estimate of drug-likeness (QED) is 0.448. The summed E-state index contributed by atoms with van der Waals surface area (Å²) in [6.07, 6.45) is 9.41. The van der Waals surface area contributed by atoms with Crippen LogP contribution < -0.4 is 5.56 Å². The van der Waals surface area contributed by atoms with E-state index in [2.05, 4.69) is 4.98 Å². The number of hydrogen-bond acceptors (Lipinski definition) is 7. The topological polar surface area (TPSA) is 93.8 Å². The second-order valence-electron chi connectivity index (χ2n) is 8.18. The second kappa shape index (κ2) is 8.00. The summed E-state index contributed by atoms with van der Waals surface area (Å²) in [6, 6.07) is 8.82. The number of rotatable bonds is 4. The van der Waals surface area contributed by atoms with E-state index in [9.17, 15) is 9.59 Å². The van der Waals surface area contributed by atoms with E-state index < -0.39 is 0 Å². The molecule has 8 nitrogen and oxygen atoms in total. The molecule has 2 aliphatic rings. The predicted molar refractivity (Wildman–Crippen MR) is 124 cm³/mol. The first kappa shape index (κ1) is 19.9. The Balaban J connectivity index is 1.37. The monoisotopic (exact) mass is 460 g/mol. The van der Waals surface area contributed by atoms with Crippen molar-refractivity contribution < 1.29 is 13.6 Å². The van der Waals surface area contributed by atoms with Crippen molar-refractivity contribution in [2.75, 3.05) is 0 Å². The normalized spacial score (nSPS) is 21.5. The number of allylic oxidation sites excluding steroid dienone is 1. The number of thiophene rings is 1. The van der Waals surface area contributed by atoms with Gasteiger partial charge in [0.2, 0.25) is 0 Å². The van der Waals surface area contributed by atoms with Crippen molar-refractivity contribution in [1.82, 2.24) is 14.6 Å². The largest absolute Gasteiger partial charge is 0.467 e. The van der Waals surface area contributed by atoms with Gasteiger partial charge in [-0.25, -0.2) is 9.99 Å².